The van der Waals surface area contributed by atoms with Crippen molar-refractivity contribution in [3.8, 4) is 0 Å². The second-order valence-electron chi connectivity index (χ2n) is 5.10. The van der Waals surface area contributed by atoms with Gasteiger partial charge in [0.15, 0.2) is 23.3 Å². The SMILES string of the molecule is CCc1c(F)c(F)c(N2C[C@@H](C)O[C@@H](C)C2)c(F)c1F. The largest absolute Gasteiger partial charge is 0.372 e. The summed E-state index contributed by atoms with van der Waals surface area (Å²) in [6.45, 7) is 5.29. The van der Waals surface area contributed by atoms with Crippen LogP contribution in [0.1, 0.15) is 26.3 Å². The van der Waals surface area contributed by atoms with E-state index in [0.717, 1.165) is 0 Å². The van der Waals surface area contributed by atoms with Crippen LogP contribution in [0.4, 0.5) is 23.2 Å². The van der Waals surface area contributed by atoms with Crippen molar-refractivity contribution >= 4 is 5.69 Å². The maximum absolute atomic E-state index is 14.1. The number of halogens is 4. The fourth-order valence-electron chi connectivity index (χ4n) is 2.61. The molecule has 1 saturated heterocycles. The van der Waals surface area contributed by atoms with Crippen LogP contribution in [0.25, 0.3) is 0 Å². The first kappa shape index (κ1) is 15.1. The molecule has 1 fully saturated rings. The van der Waals surface area contributed by atoms with Gasteiger partial charge in [0, 0.05) is 18.7 Å². The molecule has 0 aliphatic carbocycles. The molecule has 0 unspecified atom stereocenters. The van der Waals surface area contributed by atoms with Gasteiger partial charge in [0.25, 0.3) is 0 Å². The molecule has 2 atom stereocenters. The summed E-state index contributed by atoms with van der Waals surface area (Å²) >= 11 is 0. The minimum absolute atomic E-state index is 0.109. The molecule has 1 aliphatic rings. The van der Waals surface area contributed by atoms with Crippen molar-refractivity contribution in [2.75, 3.05) is 18.0 Å². The van der Waals surface area contributed by atoms with Crippen LogP contribution < -0.4 is 4.90 Å². The Morgan fingerprint density at radius 1 is 0.950 bits per heavy atom. The first-order valence-corrected chi connectivity index (χ1v) is 6.62. The highest BCUT2D eigenvalue weighted by molar-refractivity contribution is 5.52. The number of hydrogen-bond donors (Lipinski definition) is 0. The zero-order chi connectivity index (χ0) is 15.0. The Balaban J connectivity index is 2.51. The maximum atomic E-state index is 14.1. The number of benzene rings is 1. The molecule has 0 spiro atoms. The van der Waals surface area contributed by atoms with Crippen molar-refractivity contribution in [1.82, 2.24) is 0 Å². The maximum Gasteiger partial charge on any atom is 0.185 e. The number of morpholine rings is 1. The van der Waals surface area contributed by atoms with Gasteiger partial charge in [0.2, 0.25) is 0 Å². The highest BCUT2D eigenvalue weighted by Crippen LogP contribution is 2.32. The lowest BCUT2D eigenvalue weighted by Crippen LogP contribution is -2.46. The van der Waals surface area contributed by atoms with E-state index in [4.69, 9.17) is 4.74 Å². The zero-order valence-electron chi connectivity index (χ0n) is 11.6. The molecular formula is C14H17F4NO. The molecule has 2 rings (SSSR count). The molecule has 0 saturated carbocycles. The molecule has 20 heavy (non-hydrogen) atoms. The Bertz CT molecular complexity index is 481. The van der Waals surface area contributed by atoms with Gasteiger partial charge in [-0.2, -0.15) is 0 Å². The third-order valence-corrected chi connectivity index (χ3v) is 3.42. The van der Waals surface area contributed by atoms with E-state index in [1.54, 1.807) is 13.8 Å². The molecule has 1 heterocycles. The molecule has 1 aromatic rings. The predicted molar refractivity (Wildman–Crippen MR) is 67.9 cm³/mol. The van der Waals surface area contributed by atoms with E-state index in [1.807, 2.05) is 0 Å². The summed E-state index contributed by atoms with van der Waals surface area (Å²) in [6, 6.07) is 0. The fraction of sp³-hybridized carbons (Fsp3) is 0.571. The summed E-state index contributed by atoms with van der Waals surface area (Å²) in [5.74, 6) is -5.29. The third kappa shape index (κ3) is 2.49. The average Bonchev–Trinajstić information content (AvgIpc) is 2.36. The van der Waals surface area contributed by atoms with Crippen LogP contribution >= 0.6 is 0 Å². The Hall–Kier alpha value is -1.30. The van der Waals surface area contributed by atoms with Crippen molar-refractivity contribution in [1.29, 1.82) is 0 Å². The quantitative estimate of drug-likeness (QED) is 0.611. The van der Waals surface area contributed by atoms with Crippen LogP contribution in [0.3, 0.4) is 0 Å². The van der Waals surface area contributed by atoms with Crippen LogP contribution in [-0.2, 0) is 11.2 Å². The Kier molecular flexibility index (Phi) is 4.22. The predicted octanol–water partition coefficient (Wildman–Crippen LogP) is 3.42. The molecule has 6 heteroatoms. The third-order valence-electron chi connectivity index (χ3n) is 3.42. The lowest BCUT2D eigenvalue weighted by molar-refractivity contribution is -0.00566. The second-order valence-corrected chi connectivity index (χ2v) is 5.10. The lowest BCUT2D eigenvalue weighted by Gasteiger charge is -2.37. The smallest absolute Gasteiger partial charge is 0.185 e. The number of rotatable bonds is 2. The Morgan fingerprint density at radius 3 is 1.80 bits per heavy atom. The van der Waals surface area contributed by atoms with Crippen LogP contribution in [-0.4, -0.2) is 25.3 Å². The van der Waals surface area contributed by atoms with Gasteiger partial charge in [-0.05, 0) is 20.3 Å². The molecule has 1 aromatic carbocycles. The molecule has 0 radical (unpaired) electrons. The van der Waals surface area contributed by atoms with Gasteiger partial charge in [0.1, 0.15) is 5.69 Å². The average molecular weight is 291 g/mol. The first-order chi connectivity index (χ1) is 9.36. The number of anilines is 1. The highest BCUT2D eigenvalue weighted by Gasteiger charge is 2.31. The number of hydrogen-bond acceptors (Lipinski definition) is 2. The van der Waals surface area contributed by atoms with Crippen LogP contribution in [0.15, 0.2) is 0 Å². The highest BCUT2D eigenvalue weighted by atomic mass is 19.2. The van der Waals surface area contributed by atoms with E-state index < -0.39 is 34.5 Å². The van der Waals surface area contributed by atoms with E-state index in [1.165, 1.54) is 11.8 Å². The first-order valence-electron chi connectivity index (χ1n) is 6.62. The summed E-state index contributed by atoms with van der Waals surface area (Å²) in [4.78, 5) is 1.30. The zero-order valence-corrected chi connectivity index (χ0v) is 11.6. The van der Waals surface area contributed by atoms with E-state index >= 15 is 0 Å². The minimum Gasteiger partial charge on any atom is -0.372 e. The molecule has 0 amide bonds. The monoisotopic (exact) mass is 291 g/mol. The topological polar surface area (TPSA) is 12.5 Å². The molecule has 2 nitrogen and oxygen atoms in total. The van der Waals surface area contributed by atoms with Crippen molar-refractivity contribution < 1.29 is 22.3 Å². The summed E-state index contributed by atoms with van der Waals surface area (Å²) in [5, 5.41) is 0. The molecular weight excluding hydrogens is 274 g/mol. The molecule has 1 aliphatic heterocycles. The van der Waals surface area contributed by atoms with Gasteiger partial charge < -0.3 is 9.64 Å². The summed E-state index contributed by atoms with van der Waals surface area (Å²) in [7, 11) is 0. The summed E-state index contributed by atoms with van der Waals surface area (Å²) in [5.41, 5.74) is -1.20. The van der Waals surface area contributed by atoms with Gasteiger partial charge in [-0.25, -0.2) is 17.6 Å². The fourth-order valence-corrected chi connectivity index (χ4v) is 2.61. The van der Waals surface area contributed by atoms with E-state index in [9.17, 15) is 17.6 Å². The van der Waals surface area contributed by atoms with Gasteiger partial charge >= 0.3 is 0 Å². The minimum atomic E-state index is -1.33. The van der Waals surface area contributed by atoms with Gasteiger partial charge in [-0.1, -0.05) is 6.92 Å². The molecule has 0 bridgehead atoms. The molecule has 0 N–H and O–H groups in total. The van der Waals surface area contributed by atoms with Crippen LogP contribution in [0.2, 0.25) is 0 Å². The van der Waals surface area contributed by atoms with Crippen LogP contribution in [0, 0.1) is 23.3 Å². The van der Waals surface area contributed by atoms with E-state index in [-0.39, 0.29) is 31.7 Å². The summed E-state index contributed by atoms with van der Waals surface area (Å²) in [6.07, 6.45) is -0.647. The van der Waals surface area contributed by atoms with Crippen molar-refractivity contribution in [3.63, 3.8) is 0 Å². The normalized spacial score (nSPS) is 23.2. The van der Waals surface area contributed by atoms with Crippen molar-refractivity contribution in [2.24, 2.45) is 0 Å². The van der Waals surface area contributed by atoms with Crippen LogP contribution in [0.5, 0.6) is 0 Å². The standard InChI is InChI=1S/C14H17F4NO/c1-4-9-10(15)12(17)14(13(18)11(9)16)19-5-7(2)20-8(3)6-19/h7-8H,4-6H2,1-3H3/t7-,8+. The second kappa shape index (κ2) is 5.60. The number of nitrogens with zero attached hydrogens (tertiary/aromatic N) is 1. The van der Waals surface area contributed by atoms with Gasteiger partial charge in [-0.3, -0.25) is 0 Å². The lowest BCUT2D eigenvalue weighted by atomic mass is 10.1. The Morgan fingerprint density at radius 2 is 1.40 bits per heavy atom. The molecule has 112 valence electrons. The molecule has 0 aromatic heterocycles. The Labute approximate surface area is 115 Å². The van der Waals surface area contributed by atoms with Gasteiger partial charge in [-0.15, -0.1) is 0 Å². The van der Waals surface area contributed by atoms with Crippen molar-refractivity contribution in [2.45, 2.75) is 39.4 Å². The van der Waals surface area contributed by atoms with E-state index in [2.05, 4.69) is 0 Å². The van der Waals surface area contributed by atoms with Gasteiger partial charge in [0.05, 0.1) is 12.2 Å². The summed E-state index contributed by atoms with van der Waals surface area (Å²) < 4.78 is 61.2. The van der Waals surface area contributed by atoms with Crippen molar-refractivity contribution in [3.05, 3.63) is 28.8 Å². The van der Waals surface area contributed by atoms with E-state index in [0.29, 0.717) is 0 Å². The number of ether oxygens (including phenoxy) is 1.